The van der Waals surface area contributed by atoms with E-state index in [0.717, 1.165) is 44.7 Å². The number of hydrogen-bond donors (Lipinski definition) is 1. The van der Waals surface area contributed by atoms with E-state index < -0.39 is 29.5 Å². The van der Waals surface area contributed by atoms with E-state index in [-0.39, 0.29) is 0 Å². The van der Waals surface area contributed by atoms with Gasteiger partial charge in [-0.05, 0) is 0 Å². The second-order valence-corrected chi connectivity index (χ2v) is 24.8. The Kier molecular flexibility index (Phi) is 12.0. The molecular weight excluding hydrogens is 529 g/mol. The van der Waals surface area contributed by atoms with Crippen molar-refractivity contribution in [2.45, 2.75) is 86.0 Å². The Hall–Kier alpha value is -0.501. The number of hydrogen-bond acceptors (Lipinski definition) is 3. The predicted octanol–water partition coefficient (Wildman–Crippen LogP) is 8.28. The molecule has 2 aromatic rings. The predicted molar refractivity (Wildman–Crippen MR) is 141 cm³/mol. The first-order valence-corrected chi connectivity index (χ1v) is 21.2. The first kappa shape index (κ1) is 26.7. The van der Waals surface area contributed by atoms with Crippen LogP contribution >= 0.6 is 11.3 Å². The Balaban J connectivity index is 2.33. The molecule has 1 aromatic carbocycles. The van der Waals surface area contributed by atoms with E-state index in [1.54, 1.807) is 11.3 Å². The number of rotatable bonds is 14. The topological polar surface area (TPSA) is 50.2 Å². The van der Waals surface area contributed by atoms with Crippen LogP contribution in [0.1, 0.15) is 71.2 Å². The van der Waals surface area contributed by atoms with Crippen LogP contribution in [0, 0.1) is 0 Å². The summed E-state index contributed by atoms with van der Waals surface area (Å²) in [4.78, 5) is 4.73. The van der Waals surface area contributed by atoms with Gasteiger partial charge in [0.15, 0.2) is 0 Å². The van der Waals surface area contributed by atoms with Gasteiger partial charge in [-0.25, -0.2) is 0 Å². The molecule has 0 saturated carbocycles. The minimum absolute atomic E-state index is 0.772. The zero-order chi connectivity index (χ0) is 22.7. The molecule has 0 bridgehead atoms. The van der Waals surface area contributed by atoms with Gasteiger partial charge in [-0.15, -0.1) is 0 Å². The fraction of sp³-hybridized carbons (Fsp3) is 0.560. The van der Waals surface area contributed by atoms with Gasteiger partial charge >= 0.3 is 201 Å². The number of thiazole rings is 1. The molecule has 1 heterocycles. The van der Waals surface area contributed by atoms with Gasteiger partial charge in [-0.2, -0.15) is 0 Å². The van der Waals surface area contributed by atoms with Crippen LogP contribution in [0.25, 0.3) is 10.2 Å². The molecular formula is C25H39NO2S2Sn. The molecule has 6 heteroatoms. The number of unbranched alkanes of at least 4 members (excludes halogenated alkanes) is 3. The molecule has 0 aliphatic rings. The van der Waals surface area contributed by atoms with Crippen LogP contribution in [0.5, 0.6) is 0 Å². The summed E-state index contributed by atoms with van der Waals surface area (Å²) < 4.78 is 28.8. The molecule has 0 aliphatic heterocycles. The number of benzene rings is 1. The minimum atomic E-state index is -2.92. The number of aromatic nitrogens is 1. The normalized spacial score (nSPS) is 14.4. The molecule has 1 unspecified atom stereocenters. The molecule has 0 fully saturated rings. The number of allylic oxidation sites excluding steroid dienone is 3. The zero-order valence-electron chi connectivity index (χ0n) is 19.7. The third-order valence-corrected chi connectivity index (χ3v) is 26.6. The van der Waals surface area contributed by atoms with Crippen molar-refractivity contribution in [3.63, 3.8) is 0 Å². The molecule has 1 aromatic heterocycles. The summed E-state index contributed by atoms with van der Waals surface area (Å²) in [6, 6.07) is 8.23. The van der Waals surface area contributed by atoms with Crippen LogP contribution in [0.2, 0.25) is 13.3 Å². The number of fused-ring (bicyclic) bond motifs is 1. The van der Waals surface area contributed by atoms with E-state index in [9.17, 15) is 8.76 Å². The van der Waals surface area contributed by atoms with E-state index in [2.05, 4.69) is 52.0 Å². The SMILES string of the molecule is CCC[CH2][Sn]([CH2]CCC)([CH2]CCC)[C](=CC(C)=CCc1nc2ccccc2s1)S(=O)O. The van der Waals surface area contributed by atoms with Crippen molar-refractivity contribution < 1.29 is 8.76 Å². The van der Waals surface area contributed by atoms with Crippen molar-refractivity contribution in [3.05, 3.63) is 49.9 Å². The van der Waals surface area contributed by atoms with E-state index in [4.69, 9.17) is 4.98 Å². The van der Waals surface area contributed by atoms with Crippen LogP contribution in [-0.2, 0) is 17.5 Å². The summed E-state index contributed by atoms with van der Waals surface area (Å²) in [5.74, 6) is 0. The van der Waals surface area contributed by atoms with E-state index in [1.807, 2.05) is 12.1 Å². The Morgan fingerprint density at radius 1 is 1.06 bits per heavy atom. The summed E-state index contributed by atoms with van der Waals surface area (Å²) in [6.07, 6.45) is 12.1. The second kappa shape index (κ2) is 13.9. The van der Waals surface area contributed by atoms with Gasteiger partial charge in [0.1, 0.15) is 0 Å². The molecule has 0 aliphatic carbocycles. The Bertz CT molecular complexity index is 849. The fourth-order valence-electron chi connectivity index (χ4n) is 4.20. The molecule has 0 spiro atoms. The Labute approximate surface area is 199 Å². The molecule has 1 atom stereocenters. The van der Waals surface area contributed by atoms with E-state index in [0.29, 0.717) is 0 Å². The second-order valence-electron chi connectivity index (χ2n) is 8.58. The van der Waals surface area contributed by atoms with Crippen molar-refractivity contribution in [2.75, 3.05) is 0 Å². The third kappa shape index (κ3) is 8.09. The van der Waals surface area contributed by atoms with Crippen LogP contribution in [0.15, 0.2) is 44.9 Å². The summed E-state index contributed by atoms with van der Waals surface area (Å²) >= 11 is -3.05. The number of para-hydroxylation sites is 1. The molecule has 3 nitrogen and oxygen atoms in total. The van der Waals surface area contributed by atoms with Crippen molar-refractivity contribution in [1.82, 2.24) is 4.98 Å². The summed E-state index contributed by atoms with van der Waals surface area (Å²) in [5.41, 5.74) is 2.15. The van der Waals surface area contributed by atoms with Crippen molar-refractivity contribution >= 4 is 51.0 Å². The molecule has 0 amide bonds. The average molecular weight is 568 g/mol. The molecule has 1 N–H and O–H groups in total. The molecule has 0 saturated heterocycles. The maximum absolute atomic E-state index is 12.6. The van der Waals surface area contributed by atoms with Crippen LogP contribution in [0.4, 0.5) is 0 Å². The average Bonchev–Trinajstić information content (AvgIpc) is 3.19. The fourth-order valence-corrected chi connectivity index (χ4v) is 25.6. The van der Waals surface area contributed by atoms with Crippen molar-refractivity contribution in [3.8, 4) is 0 Å². The van der Waals surface area contributed by atoms with Gasteiger partial charge in [0, 0.05) is 0 Å². The first-order valence-electron chi connectivity index (χ1n) is 11.8. The zero-order valence-corrected chi connectivity index (χ0v) is 24.1. The maximum atomic E-state index is 12.6. The standard InChI is InChI=1S/C13H12NO2S2.3C4H9.Sn/c1-10(8-9-18(15)16)6-7-13-14-11-4-2-3-5-12(11)17-13;3*1-3-4-2;/h2-6,8H,7H2,1H3,(H,15,16);3*1,3-4H2,2H3;. The quantitative estimate of drug-likeness (QED) is 0.142. The van der Waals surface area contributed by atoms with Gasteiger partial charge in [0.05, 0.1) is 0 Å². The van der Waals surface area contributed by atoms with E-state index >= 15 is 0 Å². The Morgan fingerprint density at radius 3 is 2.16 bits per heavy atom. The molecule has 2 rings (SSSR count). The van der Waals surface area contributed by atoms with Crippen LogP contribution in [0.3, 0.4) is 0 Å². The van der Waals surface area contributed by atoms with Crippen molar-refractivity contribution in [1.29, 1.82) is 0 Å². The van der Waals surface area contributed by atoms with Gasteiger partial charge < -0.3 is 0 Å². The molecule has 0 radical (unpaired) electrons. The molecule has 172 valence electrons. The first-order chi connectivity index (χ1) is 15.0. The number of nitrogens with zero attached hydrogens (tertiary/aromatic N) is 1. The van der Waals surface area contributed by atoms with Gasteiger partial charge in [-0.1, -0.05) is 0 Å². The molecule has 31 heavy (non-hydrogen) atoms. The van der Waals surface area contributed by atoms with E-state index in [1.165, 1.54) is 37.3 Å². The third-order valence-electron chi connectivity index (χ3n) is 6.03. The van der Waals surface area contributed by atoms with Gasteiger partial charge in [0.25, 0.3) is 0 Å². The van der Waals surface area contributed by atoms with Gasteiger partial charge in [0.2, 0.25) is 0 Å². The Morgan fingerprint density at radius 2 is 1.65 bits per heavy atom. The van der Waals surface area contributed by atoms with Gasteiger partial charge in [-0.3, -0.25) is 0 Å². The van der Waals surface area contributed by atoms with Crippen LogP contribution < -0.4 is 0 Å². The van der Waals surface area contributed by atoms with Crippen molar-refractivity contribution in [2.24, 2.45) is 0 Å². The summed E-state index contributed by atoms with van der Waals surface area (Å²) in [7, 11) is 0. The monoisotopic (exact) mass is 569 g/mol. The van der Waals surface area contributed by atoms with Crippen LogP contribution in [-0.4, -0.2) is 32.1 Å². The summed E-state index contributed by atoms with van der Waals surface area (Å²) in [6.45, 7) is 8.78. The summed E-state index contributed by atoms with van der Waals surface area (Å²) in [5, 5.41) is 1.10.